The van der Waals surface area contributed by atoms with Crippen LogP contribution in [0.25, 0.3) is 11.1 Å². The summed E-state index contributed by atoms with van der Waals surface area (Å²) < 4.78 is 5.87. The van der Waals surface area contributed by atoms with Crippen LogP contribution in [0, 0.1) is 0 Å². The van der Waals surface area contributed by atoms with Gasteiger partial charge >= 0.3 is 6.09 Å². The quantitative estimate of drug-likeness (QED) is 0.561. The van der Waals surface area contributed by atoms with Crippen LogP contribution in [0.3, 0.4) is 0 Å². The molecule has 160 valence electrons. The highest BCUT2D eigenvalue weighted by atomic mass is 35.5. The molecule has 31 heavy (non-hydrogen) atoms. The molecule has 5 nitrogen and oxygen atoms in total. The molecular weight excluding hydrogens is 433 g/mol. The first kappa shape index (κ1) is 21.6. The highest BCUT2D eigenvalue weighted by molar-refractivity contribution is 6.29. The maximum atomic E-state index is 13.1. The molecule has 0 spiro atoms. The minimum atomic E-state index is -0.295. The fourth-order valence-electron chi connectivity index (χ4n) is 4.52. The Morgan fingerprint density at radius 1 is 1.10 bits per heavy atom. The van der Waals surface area contributed by atoms with Crippen molar-refractivity contribution in [1.82, 2.24) is 15.2 Å². The Bertz CT molecular complexity index is 1050. The average Bonchev–Trinajstić information content (AvgIpc) is 3.11. The number of amides is 1. The van der Waals surface area contributed by atoms with Crippen molar-refractivity contribution >= 4 is 30.1 Å². The fourth-order valence-corrected chi connectivity index (χ4v) is 4.70. The van der Waals surface area contributed by atoms with E-state index in [0.717, 1.165) is 12.1 Å². The van der Waals surface area contributed by atoms with Gasteiger partial charge in [0.15, 0.2) is 0 Å². The topological polar surface area (TPSA) is 54.5 Å². The van der Waals surface area contributed by atoms with Crippen molar-refractivity contribution in [3.8, 4) is 11.1 Å². The lowest BCUT2D eigenvalue weighted by Crippen LogP contribution is -2.49. The molecule has 1 amide bonds. The van der Waals surface area contributed by atoms with Gasteiger partial charge in [0.1, 0.15) is 11.8 Å². The first-order valence-corrected chi connectivity index (χ1v) is 10.5. The van der Waals surface area contributed by atoms with Gasteiger partial charge in [-0.15, -0.1) is 12.4 Å². The van der Waals surface area contributed by atoms with Gasteiger partial charge in [0.05, 0.1) is 6.04 Å². The highest BCUT2D eigenvalue weighted by Crippen LogP contribution is 2.44. The largest absolute Gasteiger partial charge is 0.448 e. The summed E-state index contributed by atoms with van der Waals surface area (Å²) in [5, 5.41) is 3.77. The van der Waals surface area contributed by atoms with Crippen molar-refractivity contribution in [2.75, 3.05) is 26.2 Å². The van der Waals surface area contributed by atoms with Crippen LogP contribution in [-0.4, -0.2) is 42.2 Å². The molecule has 1 atom stereocenters. The predicted octanol–water partition coefficient (Wildman–Crippen LogP) is 5.05. The second-order valence-corrected chi connectivity index (χ2v) is 8.02. The van der Waals surface area contributed by atoms with Crippen molar-refractivity contribution in [2.45, 2.75) is 12.0 Å². The number of pyridine rings is 1. The Labute approximate surface area is 192 Å². The lowest BCUT2D eigenvalue weighted by molar-refractivity contribution is 0.0752. The van der Waals surface area contributed by atoms with Crippen LogP contribution in [0.15, 0.2) is 66.9 Å². The van der Waals surface area contributed by atoms with Gasteiger partial charge in [-0.2, -0.15) is 0 Å². The van der Waals surface area contributed by atoms with Crippen LogP contribution in [0.5, 0.6) is 0 Å². The zero-order valence-electron chi connectivity index (χ0n) is 16.8. The summed E-state index contributed by atoms with van der Waals surface area (Å²) >= 11 is 6.07. The van der Waals surface area contributed by atoms with E-state index in [0.29, 0.717) is 24.8 Å². The number of carbonyl (C=O) groups excluding carboxylic acids is 1. The van der Waals surface area contributed by atoms with E-state index in [1.54, 1.807) is 11.1 Å². The van der Waals surface area contributed by atoms with Gasteiger partial charge in [-0.05, 0) is 39.9 Å². The molecule has 1 N–H and O–H groups in total. The summed E-state index contributed by atoms with van der Waals surface area (Å²) in [4.78, 5) is 18.9. The zero-order chi connectivity index (χ0) is 20.5. The molecule has 0 saturated carbocycles. The van der Waals surface area contributed by atoms with E-state index < -0.39 is 0 Å². The summed E-state index contributed by atoms with van der Waals surface area (Å²) in [6, 6.07) is 20.3. The summed E-state index contributed by atoms with van der Waals surface area (Å²) in [5.74, 6) is 0.0538. The number of aromatic nitrogens is 1. The van der Waals surface area contributed by atoms with Gasteiger partial charge in [0, 0.05) is 31.7 Å². The molecule has 5 rings (SSSR count). The number of nitrogens with one attached hydrogen (secondary N) is 1. The minimum Gasteiger partial charge on any atom is -0.448 e. The maximum absolute atomic E-state index is 13.1. The molecule has 1 saturated heterocycles. The number of carbonyl (C=O) groups is 1. The van der Waals surface area contributed by atoms with Gasteiger partial charge in [0.2, 0.25) is 0 Å². The third kappa shape index (κ3) is 4.13. The van der Waals surface area contributed by atoms with Crippen molar-refractivity contribution in [3.63, 3.8) is 0 Å². The Morgan fingerprint density at radius 2 is 1.77 bits per heavy atom. The molecule has 1 aliphatic carbocycles. The van der Waals surface area contributed by atoms with Gasteiger partial charge in [-0.25, -0.2) is 9.78 Å². The molecule has 2 heterocycles. The third-order valence-electron chi connectivity index (χ3n) is 5.95. The number of hydrogen-bond acceptors (Lipinski definition) is 4. The van der Waals surface area contributed by atoms with Crippen LogP contribution in [0.4, 0.5) is 4.79 Å². The van der Waals surface area contributed by atoms with E-state index in [1.807, 2.05) is 24.3 Å². The summed E-state index contributed by atoms with van der Waals surface area (Å²) in [6.07, 6.45) is 1.37. The lowest BCUT2D eigenvalue weighted by Gasteiger charge is -2.36. The molecule has 7 heteroatoms. The molecule has 1 unspecified atom stereocenters. The second kappa shape index (κ2) is 9.27. The number of fused-ring (bicyclic) bond motifs is 3. The Hall–Kier alpha value is -2.60. The van der Waals surface area contributed by atoms with E-state index >= 15 is 0 Å². The standard InChI is InChI=1S/C24H22ClN3O2.ClH/c25-23-13-16(9-10-27-23)22-14-26-11-12-28(22)24(29)30-15-21-19-7-3-1-5-17(19)18-6-2-4-8-20(18)21;/h1-10,13,21-22,26H,11-12,14-15H2;1H. The lowest BCUT2D eigenvalue weighted by atomic mass is 9.98. The Morgan fingerprint density at radius 3 is 2.45 bits per heavy atom. The first-order valence-electron chi connectivity index (χ1n) is 10.2. The van der Waals surface area contributed by atoms with E-state index in [4.69, 9.17) is 16.3 Å². The van der Waals surface area contributed by atoms with Crippen LogP contribution >= 0.6 is 24.0 Å². The zero-order valence-corrected chi connectivity index (χ0v) is 18.4. The summed E-state index contributed by atoms with van der Waals surface area (Å²) in [5.41, 5.74) is 5.82. The normalized spacial score (nSPS) is 17.5. The molecule has 3 aromatic rings. The SMILES string of the molecule is Cl.O=C(OCC1c2ccccc2-c2ccccc21)N1CCNCC1c1ccnc(Cl)c1. The number of ether oxygens (including phenoxy) is 1. The second-order valence-electron chi connectivity index (χ2n) is 7.63. The Kier molecular flexibility index (Phi) is 6.46. The number of hydrogen-bond donors (Lipinski definition) is 1. The van der Waals surface area contributed by atoms with E-state index in [1.165, 1.54) is 22.3 Å². The van der Waals surface area contributed by atoms with Crippen molar-refractivity contribution in [3.05, 3.63) is 88.7 Å². The number of rotatable bonds is 3. The number of halogens is 2. The number of nitrogens with zero attached hydrogens (tertiary/aromatic N) is 2. The number of piperazine rings is 1. The van der Waals surface area contributed by atoms with Crippen molar-refractivity contribution < 1.29 is 9.53 Å². The molecule has 1 aliphatic heterocycles. The van der Waals surface area contributed by atoms with Gasteiger partial charge in [0.25, 0.3) is 0 Å². The minimum absolute atomic E-state index is 0. The summed E-state index contributed by atoms with van der Waals surface area (Å²) in [6.45, 7) is 2.30. The molecule has 2 aromatic carbocycles. The molecule has 0 radical (unpaired) electrons. The van der Waals surface area contributed by atoms with Crippen LogP contribution in [0.1, 0.15) is 28.7 Å². The molecule has 2 aliphatic rings. The van der Waals surface area contributed by atoms with Crippen LogP contribution in [0.2, 0.25) is 5.15 Å². The van der Waals surface area contributed by atoms with Crippen LogP contribution in [-0.2, 0) is 4.74 Å². The Balaban J connectivity index is 0.00000231. The molecular formula is C24H23Cl2N3O2. The van der Waals surface area contributed by atoms with E-state index in [2.05, 4.69) is 46.7 Å². The highest BCUT2D eigenvalue weighted by Gasteiger charge is 2.32. The molecule has 0 bridgehead atoms. The van der Waals surface area contributed by atoms with Gasteiger partial charge < -0.3 is 10.1 Å². The van der Waals surface area contributed by atoms with Crippen LogP contribution < -0.4 is 5.32 Å². The smallest absolute Gasteiger partial charge is 0.410 e. The third-order valence-corrected chi connectivity index (χ3v) is 6.16. The van der Waals surface area contributed by atoms with Crippen molar-refractivity contribution in [2.24, 2.45) is 0 Å². The van der Waals surface area contributed by atoms with Gasteiger partial charge in [-0.1, -0.05) is 60.1 Å². The maximum Gasteiger partial charge on any atom is 0.410 e. The van der Waals surface area contributed by atoms with Gasteiger partial charge in [-0.3, -0.25) is 4.90 Å². The van der Waals surface area contributed by atoms with Crippen molar-refractivity contribution in [1.29, 1.82) is 0 Å². The fraction of sp³-hybridized carbons (Fsp3) is 0.250. The predicted molar refractivity (Wildman–Crippen MR) is 124 cm³/mol. The van der Waals surface area contributed by atoms with E-state index in [9.17, 15) is 4.79 Å². The molecule has 1 fully saturated rings. The number of benzene rings is 2. The van der Waals surface area contributed by atoms with E-state index in [-0.39, 0.29) is 30.5 Å². The summed E-state index contributed by atoms with van der Waals surface area (Å²) in [7, 11) is 0. The molecule has 1 aromatic heterocycles. The average molecular weight is 456 g/mol. The first-order chi connectivity index (χ1) is 14.7. The monoisotopic (exact) mass is 455 g/mol.